The zero-order valence-corrected chi connectivity index (χ0v) is 12.8. The largest absolute Gasteiger partial charge is 0.387 e. The highest BCUT2D eigenvalue weighted by molar-refractivity contribution is 5.76. The second kappa shape index (κ2) is 7.48. The Hall–Kier alpha value is -1.10. The number of hydrogen-bond acceptors (Lipinski definition) is 3. The lowest BCUT2D eigenvalue weighted by Gasteiger charge is -2.35. The van der Waals surface area contributed by atoms with Gasteiger partial charge in [0.2, 0.25) is 11.8 Å². The van der Waals surface area contributed by atoms with Gasteiger partial charge < -0.3 is 15.7 Å². The molecular weight excluding hydrogens is 244 g/mol. The van der Waals surface area contributed by atoms with Gasteiger partial charge in [-0.1, -0.05) is 34.6 Å². The Kier molecular flexibility index (Phi) is 7.05. The summed E-state index contributed by atoms with van der Waals surface area (Å²) < 4.78 is 0. The molecule has 0 atom stereocenters. The van der Waals surface area contributed by atoms with Crippen LogP contribution in [0.3, 0.4) is 0 Å². The predicted octanol–water partition coefficient (Wildman–Crippen LogP) is 1.06. The van der Waals surface area contributed by atoms with Crippen molar-refractivity contribution in [2.75, 3.05) is 19.7 Å². The molecule has 0 aromatic rings. The molecule has 112 valence electrons. The smallest absolute Gasteiger partial charge is 0.245 e. The maximum Gasteiger partial charge on any atom is 0.245 e. The zero-order valence-electron chi connectivity index (χ0n) is 12.8. The average molecular weight is 272 g/mol. The van der Waals surface area contributed by atoms with Crippen molar-refractivity contribution in [2.24, 2.45) is 10.8 Å². The van der Waals surface area contributed by atoms with Gasteiger partial charge in [-0.3, -0.25) is 9.59 Å². The number of carbonyl (C=O) groups excluding carboxylic acids is 2. The van der Waals surface area contributed by atoms with E-state index >= 15 is 0 Å². The first-order valence-corrected chi connectivity index (χ1v) is 6.76. The van der Waals surface area contributed by atoms with Crippen molar-refractivity contribution in [1.29, 1.82) is 0 Å². The maximum atomic E-state index is 11.3. The molecule has 19 heavy (non-hydrogen) atoms. The molecule has 3 N–H and O–H groups in total. The van der Waals surface area contributed by atoms with Crippen molar-refractivity contribution >= 4 is 11.8 Å². The first-order chi connectivity index (χ1) is 8.62. The van der Waals surface area contributed by atoms with Gasteiger partial charge in [0, 0.05) is 19.5 Å². The molecule has 0 aliphatic rings. The highest BCUT2D eigenvalue weighted by Crippen LogP contribution is 2.32. The lowest BCUT2D eigenvalue weighted by atomic mass is 9.75. The SMILES string of the molecule is CCC(=O)NCC(C)(C)CC(C)(C)CNC(=O)CO. The van der Waals surface area contributed by atoms with Gasteiger partial charge in [0.1, 0.15) is 6.61 Å². The fourth-order valence-corrected chi connectivity index (χ4v) is 2.28. The van der Waals surface area contributed by atoms with Gasteiger partial charge in [-0.2, -0.15) is 0 Å². The van der Waals surface area contributed by atoms with E-state index < -0.39 is 6.61 Å². The predicted molar refractivity (Wildman–Crippen MR) is 75.6 cm³/mol. The van der Waals surface area contributed by atoms with Gasteiger partial charge in [0.25, 0.3) is 0 Å². The average Bonchev–Trinajstić information content (AvgIpc) is 2.31. The van der Waals surface area contributed by atoms with E-state index in [0.29, 0.717) is 19.5 Å². The zero-order chi connectivity index (χ0) is 15.1. The summed E-state index contributed by atoms with van der Waals surface area (Å²) in [6, 6.07) is 0. The number of nitrogens with one attached hydrogen (secondary N) is 2. The molecular formula is C14H28N2O3. The number of aliphatic hydroxyl groups is 1. The topological polar surface area (TPSA) is 78.4 Å². The second-order valence-electron chi connectivity index (χ2n) is 6.57. The summed E-state index contributed by atoms with van der Waals surface area (Å²) >= 11 is 0. The Labute approximate surface area is 116 Å². The van der Waals surface area contributed by atoms with E-state index in [1.165, 1.54) is 0 Å². The summed E-state index contributed by atoms with van der Waals surface area (Å²) in [7, 11) is 0. The van der Waals surface area contributed by atoms with Crippen molar-refractivity contribution in [3.05, 3.63) is 0 Å². The second-order valence-corrected chi connectivity index (χ2v) is 6.57. The van der Waals surface area contributed by atoms with Gasteiger partial charge in [-0.15, -0.1) is 0 Å². The van der Waals surface area contributed by atoms with Crippen LogP contribution < -0.4 is 10.6 Å². The van der Waals surface area contributed by atoms with E-state index in [2.05, 4.69) is 38.3 Å². The van der Waals surface area contributed by atoms with Gasteiger partial charge in [-0.25, -0.2) is 0 Å². The van der Waals surface area contributed by atoms with Crippen LogP contribution in [0, 0.1) is 10.8 Å². The monoisotopic (exact) mass is 272 g/mol. The number of rotatable bonds is 8. The molecule has 0 spiro atoms. The third-order valence-electron chi connectivity index (χ3n) is 2.95. The maximum absolute atomic E-state index is 11.3. The first-order valence-electron chi connectivity index (χ1n) is 6.76. The molecule has 0 saturated heterocycles. The summed E-state index contributed by atoms with van der Waals surface area (Å²) in [6.45, 7) is 10.8. The van der Waals surface area contributed by atoms with E-state index in [0.717, 1.165) is 6.42 Å². The van der Waals surface area contributed by atoms with Crippen molar-refractivity contribution in [3.63, 3.8) is 0 Å². The molecule has 0 heterocycles. The summed E-state index contributed by atoms with van der Waals surface area (Å²) in [6.07, 6.45) is 1.35. The fraction of sp³-hybridized carbons (Fsp3) is 0.857. The summed E-state index contributed by atoms with van der Waals surface area (Å²) in [4.78, 5) is 22.3. The van der Waals surface area contributed by atoms with Crippen LogP contribution >= 0.6 is 0 Å². The minimum atomic E-state index is -0.480. The molecule has 0 saturated carbocycles. The standard InChI is InChI=1S/C14H28N2O3/c1-6-11(18)15-9-13(2,3)8-14(4,5)10-16-12(19)7-17/h17H,6-10H2,1-5H3,(H,15,18)(H,16,19). The van der Waals surface area contributed by atoms with Crippen LogP contribution in [0.4, 0.5) is 0 Å². The first kappa shape index (κ1) is 17.9. The van der Waals surface area contributed by atoms with E-state index in [1.807, 2.05) is 6.92 Å². The molecule has 0 unspecified atom stereocenters. The summed E-state index contributed by atoms with van der Waals surface area (Å²) in [5, 5.41) is 14.3. The van der Waals surface area contributed by atoms with Gasteiger partial charge in [0.15, 0.2) is 0 Å². The van der Waals surface area contributed by atoms with Crippen LogP contribution in [0.1, 0.15) is 47.5 Å². The molecule has 0 radical (unpaired) electrons. The van der Waals surface area contributed by atoms with Crippen molar-refractivity contribution < 1.29 is 14.7 Å². The van der Waals surface area contributed by atoms with Crippen LogP contribution in [0.5, 0.6) is 0 Å². The van der Waals surface area contributed by atoms with Crippen LogP contribution in [0.15, 0.2) is 0 Å². The van der Waals surface area contributed by atoms with Crippen LogP contribution in [-0.2, 0) is 9.59 Å². The molecule has 0 aromatic carbocycles. The molecule has 5 heteroatoms. The number of amides is 2. The highest BCUT2D eigenvalue weighted by Gasteiger charge is 2.29. The van der Waals surface area contributed by atoms with Gasteiger partial charge in [-0.05, 0) is 17.3 Å². The molecule has 5 nitrogen and oxygen atoms in total. The van der Waals surface area contributed by atoms with Crippen molar-refractivity contribution in [3.8, 4) is 0 Å². The Bertz CT molecular complexity index is 282. The van der Waals surface area contributed by atoms with Crippen LogP contribution in [0.2, 0.25) is 0 Å². The molecule has 0 aliphatic heterocycles. The molecule has 2 amide bonds. The van der Waals surface area contributed by atoms with Crippen LogP contribution in [0.25, 0.3) is 0 Å². The van der Waals surface area contributed by atoms with Gasteiger partial charge in [0.05, 0.1) is 0 Å². The normalized spacial score (nSPS) is 12.1. The Balaban J connectivity index is 4.28. The van der Waals surface area contributed by atoms with E-state index in [9.17, 15) is 9.59 Å². The summed E-state index contributed by atoms with van der Waals surface area (Å²) in [5.41, 5.74) is -0.135. The third kappa shape index (κ3) is 8.59. The van der Waals surface area contributed by atoms with E-state index in [4.69, 9.17) is 5.11 Å². The third-order valence-corrected chi connectivity index (χ3v) is 2.95. The quantitative estimate of drug-likeness (QED) is 0.618. The summed E-state index contributed by atoms with van der Waals surface area (Å²) in [5.74, 6) is -0.301. The molecule has 0 aliphatic carbocycles. The van der Waals surface area contributed by atoms with E-state index in [-0.39, 0.29) is 22.6 Å². The lowest BCUT2D eigenvalue weighted by Crippen LogP contribution is -2.41. The molecule has 0 aromatic heterocycles. The Morgan fingerprint density at radius 1 is 0.947 bits per heavy atom. The van der Waals surface area contributed by atoms with E-state index in [1.54, 1.807) is 0 Å². The number of hydrogen-bond donors (Lipinski definition) is 3. The Morgan fingerprint density at radius 3 is 1.74 bits per heavy atom. The Morgan fingerprint density at radius 2 is 1.37 bits per heavy atom. The van der Waals surface area contributed by atoms with Crippen molar-refractivity contribution in [2.45, 2.75) is 47.5 Å². The molecule has 0 fully saturated rings. The number of aliphatic hydroxyl groups excluding tert-OH is 1. The van der Waals surface area contributed by atoms with Gasteiger partial charge >= 0.3 is 0 Å². The minimum Gasteiger partial charge on any atom is -0.387 e. The molecule has 0 bridgehead atoms. The molecule has 0 rings (SSSR count). The van der Waals surface area contributed by atoms with Crippen molar-refractivity contribution in [1.82, 2.24) is 10.6 Å². The highest BCUT2D eigenvalue weighted by atomic mass is 16.3. The lowest BCUT2D eigenvalue weighted by molar-refractivity contribution is -0.124. The van der Waals surface area contributed by atoms with Crippen LogP contribution in [-0.4, -0.2) is 36.6 Å². The fourth-order valence-electron chi connectivity index (χ4n) is 2.28. The minimum absolute atomic E-state index is 0.0434. The number of carbonyl (C=O) groups is 2.